The molecule has 0 aliphatic carbocycles. The fraction of sp³-hybridized carbons (Fsp3) is 0.333. The molecule has 0 saturated carbocycles. The van der Waals surface area contributed by atoms with Crippen molar-refractivity contribution in [3.05, 3.63) is 70.5 Å². The highest BCUT2D eigenvalue weighted by Crippen LogP contribution is 2.33. The summed E-state index contributed by atoms with van der Waals surface area (Å²) in [4.78, 5) is 49.3. The van der Waals surface area contributed by atoms with E-state index < -0.39 is 17.8 Å². The van der Waals surface area contributed by atoms with E-state index in [4.69, 9.17) is 6.57 Å². The highest BCUT2D eigenvalue weighted by molar-refractivity contribution is 6.05. The molecule has 3 aromatic rings. The molecular weight excluding hydrogens is 475 g/mol. The van der Waals surface area contributed by atoms with Crippen LogP contribution in [0.15, 0.2) is 36.4 Å². The SMILES string of the molecule is [C-]#[N+]c1ccc2cc(CN3CCN(c4cc5c(cc4F)C(=O)N(C4CCC(=O)NC4=O)C5)CC3)[nH]c2c1. The van der Waals surface area contributed by atoms with Gasteiger partial charge in [0.2, 0.25) is 11.8 Å². The second kappa shape index (κ2) is 9.01. The van der Waals surface area contributed by atoms with Crippen LogP contribution in [0.25, 0.3) is 15.7 Å². The van der Waals surface area contributed by atoms with Crippen LogP contribution in [0.2, 0.25) is 0 Å². The van der Waals surface area contributed by atoms with Crippen LogP contribution >= 0.6 is 0 Å². The number of hydrogen-bond donors (Lipinski definition) is 2. The first-order chi connectivity index (χ1) is 17.9. The van der Waals surface area contributed by atoms with Gasteiger partial charge in [0.15, 0.2) is 5.69 Å². The minimum atomic E-state index is -0.717. The lowest BCUT2D eigenvalue weighted by Gasteiger charge is -2.36. The van der Waals surface area contributed by atoms with Gasteiger partial charge in [-0.25, -0.2) is 9.24 Å². The number of aromatic nitrogens is 1. The molecule has 3 aliphatic heterocycles. The van der Waals surface area contributed by atoms with E-state index in [0.29, 0.717) is 30.0 Å². The number of benzene rings is 2. The van der Waals surface area contributed by atoms with Gasteiger partial charge < -0.3 is 14.8 Å². The van der Waals surface area contributed by atoms with Gasteiger partial charge in [0.05, 0.1) is 12.3 Å². The summed E-state index contributed by atoms with van der Waals surface area (Å²) in [7, 11) is 0. The van der Waals surface area contributed by atoms with E-state index in [1.807, 2.05) is 23.1 Å². The number of rotatable bonds is 4. The van der Waals surface area contributed by atoms with Crippen LogP contribution in [0, 0.1) is 12.4 Å². The summed E-state index contributed by atoms with van der Waals surface area (Å²) in [5.41, 5.74) is 4.07. The average molecular weight is 501 g/mol. The first-order valence-corrected chi connectivity index (χ1v) is 12.3. The smallest absolute Gasteiger partial charge is 0.255 e. The van der Waals surface area contributed by atoms with Gasteiger partial charge >= 0.3 is 0 Å². The molecule has 1 atom stereocenters. The summed E-state index contributed by atoms with van der Waals surface area (Å²) in [6.45, 7) is 10.9. The maximum Gasteiger partial charge on any atom is 0.255 e. The predicted molar refractivity (Wildman–Crippen MR) is 134 cm³/mol. The topological polar surface area (TPSA) is 93.1 Å². The molecule has 10 heteroatoms. The number of hydrogen-bond acceptors (Lipinski definition) is 5. The lowest BCUT2D eigenvalue weighted by molar-refractivity contribution is -0.136. The average Bonchev–Trinajstić information content (AvgIpc) is 3.43. The van der Waals surface area contributed by atoms with Gasteiger partial charge in [0.1, 0.15) is 11.9 Å². The summed E-state index contributed by atoms with van der Waals surface area (Å²) >= 11 is 0. The molecule has 2 saturated heterocycles. The highest BCUT2D eigenvalue weighted by atomic mass is 19.1. The number of carbonyl (C=O) groups is 3. The van der Waals surface area contributed by atoms with Crippen molar-refractivity contribution >= 4 is 40.0 Å². The summed E-state index contributed by atoms with van der Waals surface area (Å²) in [5, 5.41) is 3.36. The summed E-state index contributed by atoms with van der Waals surface area (Å²) in [6, 6.07) is 10.0. The highest BCUT2D eigenvalue weighted by Gasteiger charge is 2.40. The number of fused-ring (bicyclic) bond motifs is 2. The van der Waals surface area contributed by atoms with Gasteiger partial charge in [0, 0.05) is 62.5 Å². The van der Waals surface area contributed by atoms with Gasteiger partial charge in [0.25, 0.3) is 5.91 Å². The molecule has 2 fully saturated rings. The second-order valence-corrected chi connectivity index (χ2v) is 9.80. The minimum absolute atomic E-state index is 0.182. The van der Waals surface area contributed by atoms with Crippen molar-refractivity contribution in [2.45, 2.75) is 32.0 Å². The van der Waals surface area contributed by atoms with Crippen LogP contribution in [0.4, 0.5) is 15.8 Å². The third-order valence-electron chi connectivity index (χ3n) is 7.49. The molecule has 9 nitrogen and oxygen atoms in total. The predicted octanol–water partition coefficient (Wildman–Crippen LogP) is 2.94. The van der Waals surface area contributed by atoms with Crippen molar-refractivity contribution in [3.8, 4) is 0 Å². The molecule has 3 amide bonds. The second-order valence-electron chi connectivity index (χ2n) is 9.80. The van der Waals surface area contributed by atoms with E-state index in [0.717, 1.165) is 36.2 Å². The zero-order valence-electron chi connectivity index (χ0n) is 20.1. The molecule has 2 aromatic carbocycles. The molecule has 1 unspecified atom stereocenters. The number of carbonyl (C=O) groups excluding carboxylic acids is 3. The Balaban J connectivity index is 1.12. The number of H-pyrrole nitrogens is 1. The van der Waals surface area contributed by atoms with E-state index in [1.165, 1.54) is 11.0 Å². The summed E-state index contributed by atoms with van der Waals surface area (Å²) < 4.78 is 15.1. The van der Waals surface area contributed by atoms with Gasteiger partial charge in [-0.3, -0.25) is 24.6 Å². The number of nitrogens with zero attached hydrogens (tertiary/aromatic N) is 4. The van der Waals surface area contributed by atoms with Gasteiger partial charge in [-0.15, -0.1) is 0 Å². The Morgan fingerprint density at radius 3 is 2.62 bits per heavy atom. The minimum Gasteiger partial charge on any atom is -0.367 e. The number of aromatic amines is 1. The van der Waals surface area contributed by atoms with E-state index in [-0.39, 0.29) is 36.8 Å². The Hall–Kier alpha value is -4.23. The quantitative estimate of drug-likeness (QED) is 0.425. The molecular formula is C27H25FN6O3. The largest absolute Gasteiger partial charge is 0.367 e. The Kier molecular flexibility index (Phi) is 5.65. The Morgan fingerprint density at radius 1 is 1.05 bits per heavy atom. The maximum atomic E-state index is 15.1. The number of halogens is 1. The maximum absolute atomic E-state index is 15.1. The number of anilines is 1. The zero-order chi connectivity index (χ0) is 25.7. The van der Waals surface area contributed by atoms with Crippen LogP contribution in [0.5, 0.6) is 0 Å². The van der Waals surface area contributed by atoms with Gasteiger partial charge in [-0.05, 0) is 41.6 Å². The fourth-order valence-corrected chi connectivity index (χ4v) is 5.54. The van der Waals surface area contributed by atoms with Crippen molar-refractivity contribution in [3.63, 3.8) is 0 Å². The molecule has 6 rings (SSSR count). The monoisotopic (exact) mass is 500 g/mol. The van der Waals surface area contributed by atoms with E-state index in [2.05, 4.69) is 26.1 Å². The Morgan fingerprint density at radius 2 is 1.86 bits per heavy atom. The molecule has 3 aliphatic rings. The molecule has 188 valence electrons. The molecule has 1 aromatic heterocycles. The summed E-state index contributed by atoms with van der Waals surface area (Å²) in [5.74, 6) is -1.63. The van der Waals surface area contributed by atoms with Crippen LogP contribution in [-0.4, -0.2) is 64.7 Å². The molecule has 0 radical (unpaired) electrons. The van der Waals surface area contributed by atoms with E-state index >= 15 is 4.39 Å². The zero-order valence-corrected chi connectivity index (χ0v) is 20.1. The van der Waals surface area contributed by atoms with Crippen molar-refractivity contribution in [2.24, 2.45) is 0 Å². The lowest BCUT2D eigenvalue weighted by atomic mass is 10.0. The van der Waals surface area contributed by atoms with Crippen LogP contribution in [0.1, 0.15) is 34.5 Å². The van der Waals surface area contributed by atoms with Crippen LogP contribution < -0.4 is 10.2 Å². The first-order valence-electron chi connectivity index (χ1n) is 12.3. The van der Waals surface area contributed by atoms with Crippen molar-refractivity contribution in [2.75, 3.05) is 31.1 Å². The van der Waals surface area contributed by atoms with E-state index in [9.17, 15) is 14.4 Å². The Labute approximate surface area is 212 Å². The third kappa shape index (κ3) is 4.21. The molecule has 0 spiro atoms. The van der Waals surface area contributed by atoms with Crippen molar-refractivity contribution < 1.29 is 18.8 Å². The van der Waals surface area contributed by atoms with Crippen LogP contribution in [0.3, 0.4) is 0 Å². The standard InChI is InChI=1S/C27H25FN6O3/c1-29-18-3-2-16-10-19(30-22(16)12-18)15-32-6-8-33(9-7-32)24-11-17-14-34(27(37)20(17)13-21(24)28)23-4-5-25(35)31-26(23)36/h2-3,10-13,23,30H,4-9,14-15H2,(H,31,35,36). The molecule has 0 bridgehead atoms. The number of nitrogens with one attached hydrogen (secondary N) is 2. The summed E-state index contributed by atoms with van der Waals surface area (Å²) in [6.07, 6.45) is 0.458. The lowest BCUT2D eigenvalue weighted by Crippen LogP contribution is -2.52. The molecule has 2 N–H and O–H groups in total. The number of amides is 3. The first kappa shape index (κ1) is 23.2. The molecule has 37 heavy (non-hydrogen) atoms. The van der Waals surface area contributed by atoms with Gasteiger partial charge in [-0.1, -0.05) is 12.1 Å². The van der Waals surface area contributed by atoms with Gasteiger partial charge in [-0.2, -0.15) is 0 Å². The Bertz CT molecular complexity index is 1480. The number of piperidine rings is 1. The van der Waals surface area contributed by atoms with Crippen molar-refractivity contribution in [1.29, 1.82) is 0 Å². The fourth-order valence-electron chi connectivity index (χ4n) is 5.54. The third-order valence-corrected chi connectivity index (χ3v) is 7.49. The molecule has 4 heterocycles. The number of piperazine rings is 1. The normalized spacial score (nSPS) is 20.3. The van der Waals surface area contributed by atoms with E-state index in [1.54, 1.807) is 6.07 Å². The van der Waals surface area contributed by atoms with Crippen molar-refractivity contribution in [1.82, 2.24) is 20.1 Å². The van der Waals surface area contributed by atoms with Crippen LogP contribution in [-0.2, 0) is 22.7 Å². The number of imide groups is 1.